The van der Waals surface area contributed by atoms with Crippen LogP contribution >= 0.6 is 11.3 Å². The molecule has 0 aliphatic carbocycles. The number of aromatic nitrogens is 2. The number of methoxy groups -OCH3 is 2. The van der Waals surface area contributed by atoms with Crippen molar-refractivity contribution in [1.29, 1.82) is 0 Å². The van der Waals surface area contributed by atoms with Crippen molar-refractivity contribution in [2.24, 2.45) is 0 Å². The van der Waals surface area contributed by atoms with Crippen molar-refractivity contribution in [3.05, 3.63) is 86.0 Å². The van der Waals surface area contributed by atoms with E-state index in [1.165, 1.54) is 0 Å². The standard InChI is InChI=1S/C25H23N3O4S/c1-31-20-12-15-9-10-28(24(22-8-5-11-33-22)18(15)13-21(20)32-2)23(29)14-19-16-6-3-4-7-17(16)25(30)27-26-19/h3-8,11-13,24H,9-10,14H2,1-2H3,(H,27,30)/t24-/m1/s1. The van der Waals surface area contributed by atoms with Crippen LogP contribution in [0.2, 0.25) is 0 Å². The molecule has 4 aromatic rings. The Morgan fingerprint density at radius 1 is 1.12 bits per heavy atom. The van der Waals surface area contributed by atoms with Gasteiger partial charge in [0.15, 0.2) is 11.5 Å². The highest BCUT2D eigenvalue weighted by molar-refractivity contribution is 7.10. The molecular formula is C25H23N3O4S. The molecular weight excluding hydrogens is 438 g/mol. The Balaban J connectivity index is 1.55. The van der Waals surface area contributed by atoms with E-state index >= 15 is 0 Å². The second-order valence-corrected chi connectivity index (χ2v) is 8.86. The molecule has 0 fully saturated rings. The highest BCUT2D eigenvalue weighted by Crippen LogP contribution is 2.42. The summed E-state index contributed by atoms with van der Waals surface area (Å²) in [5.74, 6) is 1.28. The van der Waals surface area contributed by atoms with E-state index in [1.807, 2.05) is 40.6 Å². The summed E-state index contributed by atoms with van der Waals surface area (Å²) in [6, 6.07) is 15.0. The Morgan fingerprint density at radius 3 is 2.61 bits per heavy atom. The number of nitrogens with one attached hydrogen (secondary N) is 1. The molecule has 7 nitrogen and oxygen atoms in total. The summed E-state index contributed by atoms with van der Waals surface area (Å²) in [5.41, 5.74) is 2.49. The van der Waals surface area contributed by atoms with Crippen LogP contribution in [0.3, 0.4) is 0 Å². The van der Waals surface area contributed by atoms with Gasteiger partial charge in [-0.2, -0.15) is 5.10 Å². The topological polar surface area (TPSA) is 84.5 Å². The fourth-order valence-corrected chi connectivity index (χ4v) is 5.37. The van der Waals surface area contributed by atoms with Gasteiger partial charge in [-0.1, -0.05) is 24.3 Å². The van der Waals surface area contributed by atoms with Crippen LogP contribution in [0, 0.1) is 0 Å². The molecule has 1 amide bonds. The van der Waals surface area contributed by atoms with Crippen molar-refractivity contribution in [3.8, 4) is 11.5 Å². The number of aromatic amines is 1. The highest BCUT2D eigenvalue weighted by Gasteiger charge is 2.34. The van der Waals surface area contributed by atoms with Gasteiger partial charge in [0.05, 0.1) is 37.8 Å². The first-order valence-corrected chi connectivity index (χ1v) is 11.5. The summed E-state index contributed by atoms with van der Waals surface area (Å²) in [4.78, 5) is 28.8. The lowest BCUT2D eigenvalue weighted by atomic mass is 9.90. The van der Waals surface area contributed by atoms with E-state index in [9.17, 15) is 9.59 Å². The lowest BCUT2D eigenvalue weighted by Gasteiger charge is -2.37. The molecule has 0 saturated heterocycles. The van der Waals surface area contributed by atoms with Crippen molar-refractivity contribution in [1.82, 2.24) is 15.1 Å². The number of benzene rings is 2. The molecule has 3 heterocycles. The van der Waals surface area contributed by atoms with Crippen LogP contribution in [0.4, 0.5) is 0 Å². The van der Waals surface area contributed by atoms with Crippen LogP contribution in [0.5, 0.6) is 11.5 Å². The molecule has 0 radical (unpaired) electrons. The normalized spacial score (nSPS) is 15.3. The highest BCUT2D eigenvalue weighted by atomic mass is 32.1. The van der Waals surface area contributed by atoms with Gasteiger partial charge in [0.1, 0.15) is 0 Å². The maximum Gasteiger partial charge on any atom is 0.272 e. The van der Waals surface area contributed by atoms with E-state index in [-0.39, 0.29) is 23.9 Å². The zero-order valence-electron chi connectivity index (χ0n) is 18.3. The van der Waals surface area contributed by atoms with Gasteiger partial charge in [-0.15, -0.1) is 11.3 Å². The van der Waals surface area contributed by atoms with Crippen molar-refractivity contribution in [2.75, 3.05) is 20.8 Å². The van der Waals surface area contributed by atoms with Gasteiger partial charge in [-0.3, -0.25) is 9.59 Å². The predicted octanol–water partition coefficient (Wildman–Crippen LogP) is 3.72. The maximum absolute atomic E-state index is 13.6. The van der Waals surface area contributed by atoms with Crippen molar-refractivity contribution in [3.63, 3.8) is 0 Å². The van der Waals surface area contributed by atoms with Gasteiger partial charge in [-0.05, 0) is 47.2 Å². The van der Waals surface area contributed by atoms with Gasteiger partial charge in [0, 0.05) is 16.8 Å². The minimum Gasteiger partial charge on any atom is -0.493 e. The molecule has 33 heavy (non-hydrogen) atoms. The first-order valence-electron chi connectivity index (χ1n) is 10.6. The van der Waals surface area contributed by atoms with Crippen LogP contribution < -0.4 is 15.0 Å². The molecule has 1 N–H and O–H groups in total. The molecule has 168 valence electrons. The van der Waals surface area contributed by atoms with Crippen LogP contribution in [-0.4, -0.2) is 41.8 Å². The number of rotatable bonds is 5. The number of carbonyl (C=O) groups excluding carboxylic acids is 1. The Morgan fingerprint density at radius 2 is 1.88 bits per heavy atom. The van der Waals surface area contributed by atoms with E-state index in [1.54, 1.807) is 37.7 Å². The monoisotopic (exact) mass is 461 g/mol. The van der Waals surface area contributed by atoms with Gasteiger partial charge in [0.2, 0.25) is 5.91 Å². The average Bonchev–Trinajstić information content (AvgIpc) is 3.38. The molecule has 0 bridgehead atoms. The first kappa shape index (κ1) is 21.2. The largest absolute Gasteiger partial charge is 0.493 e. The minimum atomic E-state index is -0.258. The molecule has 0 saturated carbocycles. The molecule has 0 spiro atoms. The lowest BCUT2D eigenvalue weighted by molar-refractivity contribution is -0.132. The number of thiophene rings is 1. The number of hydrogen-bond acceptors (Lipinski definition) is 6. The predicted molar refractivity (Wildman–Crippen MR) is 127 cm³/mol. The SMILES string of the molecule is COc1cc2c(cc1OC)[C@H](c1cccs1)N(C(=O)Cc1n[nH]c(=O)c3ccccc13)CC2. The third-order valence-corrected chi connectivity index (χ3v) is 7.03. The van der Waals surface area contributed by atoms with E-state index < -0.39 is 0 Å². The molecule has 5 rings (SSSR count). The maximum atomic E-state index is 13.6. The van der Waals surface area contributed by atoms with E-state index in [0.29, 0.717) is 40.9 Å². The van der Waals surface area contributed by atoms with E-state index in [0.717, 1.165) is 16.0 Å². The Bertz CT molecular complexity index is 1380. The second kappa shape index (κ2) is 8.71. The second-order valence-electron chi connectivity index (χ2n) is 7.88. The number of hydrogen-bond donors (Lipinski definition) is 1. The van der Waals surface area contributed by atoms with Crippen LogP contribution in [0.15, 0.2) is 58.7 Å². The fourth-order valence-electron chi connectivity index (χ4n) is 4.52. The van der Waals surface area contributed by atoms with Crippen molar-refractivity contribution in [2.45, 2.75) is 18.9 Å². The lowest BCUT2D eigenvalue weighted by Crippen LogP contribution is -2.41. The third kappa shape index (κ3) is 3.76. The third-order valence-electron chi connectivity index (χ3n) is 6.10. The Kier molecular flexibility index (Phi) is 5.60. The molecule has 2 aromatic heterocycles. The Labute approximate surface area is 194 Å². The van der Waals surface area contributed by atoms with Crippen molar-refractivity contribution < 1.29 is 14.3 Å². The van der Waals surface area contributed by atoms with Gasteiger partial charge < -0.3 is 14.4 Å². The summed E-state index contributed by atoms with van der Waals surface area (Å²) in [6.07, 6.45) is 0.810. The summed E-state index contributed by atoms with van der Waals surface area (Å²) in [5, 5.41) is 9.98. The molecule has 2 aromatic carbocycles. The zero-order chi connectivity index (χ0) is 22.9. The number of fused-ring (bicyclic) bond motifs is 2. The minimum absolute atomic E-state index is 0.0430. The van der Waals surface area contributed by atoms with Gasteiger partial charge >= 0.3 is 0 Å². The van der Waals surface area contributed by atoms with E-state index in [4.69, 9.17) is 9.47 Å². The first-order chi connectivity index (χ1) is 16.1. The fraction of sp³-hybridized carbons (Fsp3) is 0.240. The molecule has 0 unspecified atom stereocenters. The van der Waals surface area contributed by atoms with Gasteiger partial charge in [0.25, 0.3) is 5.56 Å². The number of H-pyrrole nitrogens is 1. The number of amides is 1. The molecule has 1 aliphatic heterocycles. The molecule has 1 aliphatic rings. The Hall–Kier alpha value is -3.65. The summed E-state index contributed by atoms with van der Waals surface area (Å²) < 4.78 is 11.0. The summed E-state index contributed by atoms with van der Waals surface area (Å²) >= 11 is 1.62. The zero-order valence-corrected chi connectivity index (χ0v) is 19.1. The summed E-state index contributed by atoms with van der Waals surface area (Å²) in [7, 11) is 3.24. The van der Waals surface area contributed by atoms with Gasteiger partial charge in [-0.25, -0.2) is 5.10 Å². The smallest absolute Gasteiger partial charge is 0.272 e. The number of ether oxygens (including phenoxy) is 2. The average molecular weight is 462 g/mol. The summed E-state index contributed by atoms with van der Waals surface area (Å²) in [6.45, 7) is 0.575. The molecule has 8 heteroatoms. The number of nitrogens with zero attached hydrogens (tertiary/aromatic N) is 2. The quantitative estimate of drug-likeness (QED) is 0.490. The van der Waals surface area contributed by atoms with Crippen LogP contribution in [0.1, 0.15) is 27.7 Å². The van der Waals surface area contributed by atoms with Crippen LogP contribution in [0.25, 0.3) is 10.8 Å². The van der Waals surface area contributed by atoms with Crippen LogP contribution in [-0.2, 0) is 17.6 Å². The van der Waals surface area contributed by atoms with Crippen molar-refractivity contribution >= 4 is 28.0 Å². The number of carbonyl (C=O) groups is 1. The molecule has 1 atom stereocenters. The van der Waals surface area contributed by atoms with E-state index in [2.05, 4.69) is 16.3 Å².